The van der Waals surface area contributed by atoms with Crippen molar-refractivity contribution in [1.82, 2.24) is 4.73 Å². The van der Waals surface area contributed by atoms with Gasteiger partial charge in [0.2, 0.25) is 0 Å². The van der Waals surface area contributed by atoms with E-state index in [1.54, 1.807) is 4.73 Å². The average Bonchev–Trinajstić information content (AvgIpc) is 2.58. The van der Waals surface area contributed by atoms with Crippen molar-refractivity contribution in [2.24, 2.45) is 0 Å². The molecule has 0 aliphatic rings. The van der Waals surface area contributed by atoms with Gasteiger partial charge in [0.15, 0.2) is 14.4 Å². The second kappa shape index (κ2) is 5.30. The molecule has 0 radical (unpaired) electrons. The summed E-state index contributed by atoms with van der Waals surface area (Å²) in [4.78, 5) is 0. The minimum Gasteiger partial charge on any atom is -0.470 e. The maximum Gasteiger partial charge on any atom is 0.276 e. The summed E-state index contributed by atoms with van der Waals surface area (Å²) in [7, 11) is -3.46. The molecule has 0 bridgehead atoms. The molecule has 1 atom stereocenters. The molecule has 100 valence electrons. The highest BCUT2D eigenvalue weighted by Gasteiger charge is 2.26. The van der Waals surface area contributed by atoms with Crippen LogP contribution in [0.1, 0.15) is 11.8 Å². The van der Waals surface area contributed by atoms with Gasteiger partial charge in [0.05, 0.1) is 11.8 Å². The van der Waals surface area contributed by atoms with Crippen LogP contribution in [0.15, 0.2) is 18.3 Å². The zero-order valence-electron chi connectivity index (χ0n) is 12.0. The van der Waals surface area contributed by atoms with Crippen LogP contribution in [0.3, 0.4) is 0 Å². The molecule has 0 spiro atoms. The van der Waals surface area contributed by atoms with Gasteiger partial charge < -0.3 is 8.95 Å². The predicted molar refractivity (Wildman–Crippen MR) is 77.1 cm³/mol. The highest BCUT2D eigenvalue weighted by molar-refractivity contribution is 6.70. The fraction of sp³-hybridized carbons (Fsp3) is 0.583. The Labute approximate surface area is 111 Å². The number of nitriles is 1. The third-order valence-corrected chi connectivity index (χ3v) is 3.66. The van der Waals surface area contributed by atoms with Crippen molar-refractivity contribution in [3.8, 4) is 6.07 Å². The predicted octanol–water partition coefficient (Wildman–Crippen LogP) is 3.17. The zero-order chi connectivity index (χ0) is 14.0. The number of hydrogen-bond donors (Lipinski definition) is 0. The minimum absolute atomic E-state index is 0.553. The largest absolute Gasteiger partial charge is 0.470 e. The molecule has 4 nitrogen and oxygen atoms in total. The van der Waals surface area contributed by atoms with Crippen LogP contribution in [-0.4, -0.2) is 21.4 Å². The summed E-state index contributed by atoms with van der Waals surface area (Å²) in [5, 5.41) is 9.27. The summed E-state index contributed by atoms with van der Waals surface area (Å²) in [5.41, 5.74) is 0.780. The molecule has 1 aromatic heterocycles. The van der Waals surface area contributed by atoms with E-state index < -0.39 is 22.7 Å². The fourth-order valence-electron chi connectivity index (χ4n) is 1.47. The lowest BCUT2D eigenvalue weighted by Gasteiger charge is -2.26. The maximum absolute atomic E-state index is 9.27. The van der Waals surface area contributed by atoms with Crippen molar-refractivity contribution in [1.29, 1.82) is 5.26 Å². The lowest BCUT2D eigenvalue weighted by molar-refractivity contribution is 0.195. The molecule has 6 heteroatoms. The molecule has 0 saturated heterocycles. The third kappa shape index (κ3) is 4.68. The smallest absolute Gasteiger partial charge is 0.276 e. The van der Waals surface area contributed by atoms with Crippen LogP contribution in [0.4, 0.5) is 0 Å². The normalized spacial score (nSPS) is 14.1. The summed E-state index contributed by atoms with van der Waals surface area (Å²) in [5.74, 6) is 0. The van der Waals surface area contributed by atoms with E-state index in [0.29, 0.717) is 0 Å². The Hall–Kier alpha value is -1.04. The lowest BCUT2D eigenvalue weighted by Crippen LogP contribution is -2.38. The Morgan fingerprint density at radius 1 is 1.17 bits per heavy atom. The van der Waals surface area contributed by atoms with Gasteiger partial charge in [-0.25, -0.2) is 4.73 Å². The first-order valence-electron chi connectivity index (χ1n) is 6.06. The van der Waals surface area contributed by atoms with Crippen molar-refractivity contribution in [2.75, 3.05) is 0 Å². The average molecular weight is 282 g/mol. The van der Waals surface area contributed by atoms with E-state index in [1.807, 2.05) is 18.3 Å². The SMILES string of the molecule is C[Si](C)(C)OC(C#N)c1cccn1O[Si](C)(C)C. The van der Waals surface area contributed by atoms with E-state index in [0.717, 1.165) is 5.69 Å². The topological polar surface area (TPSA) is 47.2 Å². The van der Waals surface area contributed by atoms with Gasteiger partial charge in [-0.3, -0.25) is 0 Å². The van der Waals surface area contributed by atoms with Gasteiger partial charge in [0, 0.05) is 6.20 Å². The van der Waals surface area contributed by atoms with Gasteiger partial charge in [0.25, 0.3) is 8.32 Å². The molecule has 1 heterocycles. The Morgan fingerprint density at radius 2 is 1.78 bits per heavy atom. The molecule has 1 unspecified atom stereocenters. The summed E-state index contributed by atoms with van der Waals surface area (Å²) < 4.78 is 13.5. The number of nitrogens with zero attached hydrogens (tertiary/aromatic N) is 2. The van der Waals surface area contributed by atoms with Crippen LogP contribution >= 0.6 is 0 Å². The van der Waals surface area contributed by atoms with Crippen LogP contribution in [0.25, 0.3) is 0 Å². The van der Waals surface area contributed by atoms with Gasteiger partial charge >= 0.3 is 0 Å². The van der Waals surface area contributed by atoms with Gasteiger partial charge in [-0.05, 0) is 51.4 Å². The second-order valence-electron chi connectivity index (χ2n) is 6.20. The Kier molecular flexibility index (Phi) is 4.43. The van der Waals surface area contributed by atoms with Gasteiger partial charge in [-0.1, -0.05) is 0 Å². The summed E-state index contributed by atoms with van der Waals surface area (Å²) in [6.07, 6.45) is 1.29. The fourth-order valence-corrected chi connectivity index (χ4v) is 3.10. The molecule has 0 fully saturated rings. The molecule has 18 heavy (non-hydrogen) atoms. The number of aromatic nitrogens is 1. The van der Waals surface area contributed by atoms with Crippen LogP contribution < -0.4 is 4.53 Å². The molecule has 0 aromatic carbocycles. The van der Waals surface area contributed by atoms with Crippen LogP contribution in [0.2, 0.25) is 39.3 Å². The highest BCUT2D eigenvalue weighted by Crippen LogP contribution is 2.22. The van der Waals surface area contributed by atoms with E-state index in [1.165, 1.54) is 0 Å². The zero-order valence-corrected chi connectivity index (χ0v) is 14.0. The van der Waals surface area contributed by atoms with E-state index >= 15 is 0 Å². The van der Waals surface area contributed by atoms with E-state index in [2.05, 4.69) is 45.4 Å². The molecular formula is C12H22N2O2Si2. The van der Waals surface area contributed by atoms with Crippen LogP contribution in [-0.2, 0) is 4.43 Å². The van der Waals surface area contributed by atoms with Crippen molar-refractivity contribution in [3.63, 3.8) is 0 Å². The van der Waals surface area contributed by atoms with Gasteiger partial charge in [0.1, 0.15) is 0 Å². The van der Waals surface area contributed by atoms with Crippen molar-refractivity contribution >= 4 is 16.6 Å². The Bertz CT molecular complexity index is 438. The van der Waals surface area contributed by atoms with Gasteiger partial charge in [-0.15, -0.1) is 0 Å². The molecule has 0 amide bonds. The van der Waals surface area contributed by atoms with E-state index in [-0.39, 0.29) is 0 Å². The number of rotatable bonds is 5. The van der Waals surface area contributed by atoms with E-state index in [4.69, 9.17) is 8.95 Å². The molecule has 0 aliphatic carbocycles. The molecule has 0 saturated carbocycles. The van der Waals surface area contributed by atoms with Crippen molar-refractivity contribution in [2.45, 2.75) is 45.4 Å². The summed E-state index contributed by atoms with van der Waals surface area (Å²) >= 11 is 0. The first-order valence-corrected chi connectivity index (χ1v) is 12.9. The second-order valence-corrected chi connectivity index (χ2v) is 15.1. The number of hydrogen-bond acceptors (Lipinski definition) is 3. The summed E-state index contributed by atoms with van der Waals surface area (Å²) in [6.45, 7) is 12.5. The first-order chi connectivity index (χ1) is 8.12. The van der Waals surface area contributed by atoms with Crippen molar-refractivity contribution in [3.05, 3.63) is 24.0 Å². The van der Waals surface area contributed by atoms with Crippen LogP contribution in [0, 0.1) is 11.3 Å². The van der Waals surface area contributed by atoms with E-state index in [9.17, 15) is 5.26 Å². The molecule has 1 rings (SSSR count). The summed E-state index contributed by atoms with van der Waals surface area (Å²) in [6, 6.07) is 5.98. The molecule has 1 aromatic rings. The Balaban J connectivity index is 2.95. The third-order valence-electron chi connectivity index (χ3n) is 1.97. The maximum atomic E-state index is 9.27. The molecule has 0 aliphatic heterocycles. The quantitative estimate of drug-likeness (QED) is 0.779. The molecule has 0 N–H and O–H groups in total. The van der Waals surface area contributed by atoms with Crippen LogP contribution in [0.5, 0.6) is 0 Å². The Morgan fingerprint density at radius 3 is 2.22 bits per heavy atom. The minimum atomic E-state index is -1.76. The van der Waals surface area contributed by atoms with Gasteiger partial charge in [-0.2, -0.15) is 5.26 Å². The first kappa shape index (κ1) is 15.0. The standard InChI is InChI=1S/C12H22N2O2Si2/c1-17(2,3)15-12(10-13)11-8-7-9-14(11)16-18(4,5)6/h7-9,12H,1-6H3. The van der Waals surface area contributed by atoms with Crippen molar-refractivity contribution < 1.29 is 8.95 Å². The lowest BCUT2D eigenvalue weighted by atomic mass is 10.3. The monoisotopic (exact) mass is 282 g/mol. The highest BCUT2D eigenvalue weighted by atomic mass is 28.4. The molecular weight excluding hydrogens is 260 g/mol.